The molecule has 120 valence electrons. The van der Waals surface area contributed by atoms with Crippen molar-refractivity contribution in [1.82, 2.24) is 0 Å². The van der Waals surface area contributed by atoms with Gasteiger partial charge in [-0.25, -0.2) is 12.8 Å². The normalized spacial score (nSPS) is 15.7. The number of benzene rings is 1. The van der Waals surface area contributed by atoms with E-state index < -0.39 is 25.8 Å². The summed E-state index contributed by atoms with van der Waals surface area (Å²) >= 11 is 0. The van der Waals surface area contributed by atoms with Gasteiger partial charge in [-0.1, -0.05) is 12.1 Å². The zero-order chi connectivity index (χ0) is 16.3. The van der Waals surface area contributed by atoms with Crippen molar-refractivity contribution in [1.29, 1.82) is 0 Å². The summed E-state index contributed by atoms with van der Waals surface area (Å²) in [5.41, 5.74) is 5.34. The Morgan fingerprint density at radius 2 is 1.90 bits per heavy atom. The lowest BCUT2D eigenvalue weighted by Crippen LogP contribution is -2.42. The van der Waals surface area contributed by atoms with Crippen molar-refractivity contribution < 1.29 is 17.9 Å². The summed E-state index contributed by atoms with van der Waals surface area (Å²) in [4.78, 5) is 0. The van der Waals surface area contributed by atoms with Crippen LogP contribution in [0.15, 0.2) is 24.3 Å². The van der Waals surface area contributed by atoms with Gasteiger partial charge in [0.2, 0.25) is 0 Å². The third kappa shape index (κ3) is 4.02. The number of aliphatic hydroxyl groups is 1. The van der Waals surface area contributed by atoms with Gasteiger partial charge in [0.1, 0.15) is 5.82 Å². The molecule has 0 saturated carbocycles. The Morgan fingerprint density at radius 3 is 2.33 bits per heavy atom. The fourth-order valence-electron chi connectivity index (χ4n) is 2.05. The van der Waals surface area contributed by atoms with Crippen LogP contribution in [0.4, 0.5) is 4.39 Å². The van der Waals surface area contributed by atoms with Gasteiger partial charge >= 0.3 is 0 Å². The molecule has 21 heavy (non-hydrogen) atoms. The minimum absolute atomic E-state index is 0.0482. The Kier molecular flexibility index (Phi) is 5.52. The first-order valence-corrected chi connectivity index (χ1v) is 8.52. The fourth-order valence-corrected chi connectivity index (χ4v) is 3.33. The van der Waals surface area contributed by atoms with Gasteiger partial charge in [0, 0.05) is 12.0 Å². The molecule has 1 unspecified atom stereocenters. The van der Waals surface area contributed by atoms with Crippen molar-refractivity contribution in [2.75, 3.05) is 18.9 Å². The van der Waals surface area contributed by atoms with Crippen LogP contribution < -0.4 is 5.73 Å². The molecule has 0 radical (unpaired) electrons. The first kappa shape index (κ1) is 18.1. The van der Waals surface area contributed by atoms with Crippen LogP contribution >= 0.6 is 0 Å². The highest BCUT2D eigenvalue weighted by Crippen LogP contribution is 2.29. The molecule has 0 fully saturated rings. The maximum Gasteiger partial charge on any atom is 0.155 e. The van der Waals surface area contributed by atoms with Gasteiger partial charge in [-0.05, 0) is 44.9 Å². The minimum Gasteiger partial charge on any atom is -0.395 e. The molecule has 1 rings (SSSR count). The molecule has 0 saturated heterocycles. The quantitative estimate of drug-likeness (QED) is 0.835. The Bertz CT molecular complexity index is 575. The number of halogens is 1. The van der Waals surface area contributed by atoms with Crippen LogP contribution in [0.25, 0.3) is 0 Å². The fraction of sp³-hybridized carbons (Fsp3) is 0.600. The molecule has 3 N–H and O–H groups in total. The van der Waals surface area contributed by atoms with Gasteiger partial charge in [-0.15, -0.1) is 0 Å². The highest BCUT2D eigenvalue weighted by molar-refractivity contribution is 7.92. The molecule has 0 aliphatic rings. The molecule has 0 bridgehead atoms. The van der Waals surface area contributed by atoms with Crippen LogP contribution in [0.1, 0.15) is 32.8 Å². The summed E-state index contributed by atoms with van der Waals surface area (Å²) in [7, 11) is -3.33. The molecule has 0 aromatic heterocycles. The van der Waals surface area contributed by atoms with E-state index >= 15 is 0 Å². The summed E-state index contributed by atoms with van der Waals surface area (Å²) in [6, 6.07) is 5.79. The maximum atomic E-state index is 13.4. The van der Waals surface area contributed by atoms with Gasteiger partial charge in [0.25, 0.3) is 0 Å². The van der Waals surface area contributed by atoms with Crippen molar-refractivity contribution in [3.8, 4) is 0 Å². The largest absolute Gasteiger partial charge is 0.395 e. The Labute approximate surface area is 126 Å². The van der Waals surface area contributed by atoms with Gasteiger partial charge in [0.15, 0.2) is 9.84 Å². The first-order chi connectivity index (χ1) is 9.58. The second-order valence-electron chi connectivity index (χ2n) is 6.33. The molecule has 0 aliphatic heterocycles. The minimum atomic E-state index is -3.33. The van der Waals surface area contributed by atoms with E-state index in [1.807, 2.05) is 0 Å². The average Bonchev–Trinajstić information content (AvgIpc) is 2.39. The lowest BCUT2D eigenvalue weighted by atomic mass is 9.79. The third-order valence-electron chi connectivity index (χ3n) is 3.91. The highest BCUT2D eigenvalue weighted by Gasteiger charge is 2.36. The first-order valence-electron chi connectivity index (χ1n) is 6.87. The van der Waals surface area contributed by atoms with Gasteiger partial charge in [0.05, 0.1) is 17.1 Å². The summed E-state index contributed by atoms with van der Waals surface area (Å²) in [5, 5.41) is 9.72. The van der Waals surface area contributed by atoms with Crippen molar-refractivity contribution >= 4 is 9.84 Å². The summed E-state index contributed by atoms with van der Waals surface area (Å²) in [6.45, 7) is 4.62. The van der Waals surface area contributed by atoms with Crippen LogP contribution in [0.5, 0.6) is 0 Å². The molecule has 1 atom stereocenters. The third-order valence-corrected chi connectivity index (χ3v) is 6.52. The summed E-state index contributed by atoms with van der Waals surface area (Å²) in [6.07, 6.45) is 0.156. The van der Waals surface area contributed by atoms with E-state index in [0.717, 1.165) is 0 Å². The molecule has 1 aromatic rings. The number of rotatable bonds is 6. The number of sulfone groups is 1. The molecule has 4 nitrogen and oxygen atoms in total. The van der Waals surface area contributed by atoms with E-state index in [1.54, 1.807) is 26.8 Å². The highest BCUT2D eigenvalue weighted by atomic mass is 32.2. The van der Waals surface area contributed by atoms with E-state index in [4.69, 9.17) is 5.73 Å². The van der Waals surface area contributed by atoms with Crippen LogP contribution in [0.3, 0.4) is 0 Å². The standard InChI is InChI=1S/C15H24FNO3S/c1-14(2,3)21(19,20)8-7-15(10-17,11-18)12-5-4-6-13(16)9-12/h4-6,9,18H,7-8,10-11,17H2,1-3H3. The van der Waals surface area contributed by atoms with Gasteiger partial charge in [-0.2, -0.15) is 0 Å². The Balaban J connectivity index is 3.09. The molecule has 0 spiro atoms. The lowest BCUT2D eigenvalue weighted by molar-refractivity contribution is 0.192. The average molecular weight is 317 g/mol. The number of nitrogens with two attached hydrogens (primary N) is 1. The Morgan fingerprint density at radius 1 is 1.29 bits per heavy atom. The molecule has 0 aliphatic carbocycles. The monoisotopic (exact) mass is 317 g/mol. The maximum absolute atomic E-state index is 13.4. The van der Waals surface area contributed by atoms with E-state index in [-0.39, 0.29) is 25.3 Å². The second kappa shape index (κ2) is 6.42. The van der Waals surface area contributed by atoms with Crippen molar-refractivity contribution in [3.63, 3.8) is 0 Å². The lowest BCUT2D eigenvalue weighted by Gasteiger charge is -2.32. The zero-order valence-corrected chi connectivity index (χ0v) is 13.6. The van der Waals surface area contributed by atoms with Crippen LogP contribution in [-0.2, 0) is 15.3 Å². The predicted octanol–water partition coefficient (Wildman–Crippen LogP) is 1.62. The second-order valence-corrected chi connectivity index (χ2v) is 9.20. The molecular formula is C15H24FNO3S. The summed E-state index contributed by atoms with van der Waals surface area (Å²) < 4.78 is 37.0. The topological polar surface area (TPSA) is 80.4 Å². The van der Waals surface area contributed by atoms with Crippen LogP contribution in [0, 0.1) is 5.82 Å². The molecule has 1 aromatic carbocycles. The van der Waals surface area contributed by atoms with E-state index in [0.29, 0.717) is 5.56 Å². The molecule has 0 amide bonds. The van der Waals surface area contributed by atoms with Gasteiger partial charge < -0.3 is 10.8 Å². The number of hydrogen-bond acceptors (Lipinski definition) is 4. The molecule has 6 heteroatoms. The molecule has 0 heterocycles. The van der Waals surface area contributed by atoms with E-state index in [1.165, 1.54) is 18.2 Å². The van der Waals surface area contributed by atoms with Crippen LogP contribution in [-0.4, -0.2) is 37.2 Å². The summed E-state index contributed by atoms with van der Waals surface area (Å²) in [5.74, 6) is -0.539. The number of aliphatic hydroxyl groups excluding tert-OH is 1. The van der Waals surface area contributed by atoms with Crippen molar-refractivity contribution in [2.45, 2.75) is 37.4 Å². The van der Waals surface area contributed by atoms with Crippen molar-refractivity contribution in [3.05, 3.63) is 35.6 Å². The van der Waals surface area contributed by atoms with E-state index in [2.05, 4.69) is 0 Å². The number of hydrogen-bond donors (Lipinski definition) is 2. The predicted molar refractivity (Wildman–Crippen MR) is 82.4 cm³/mol. The molecular weight excluding hydrogens is 293 g/mol. The zero-order valence-electron chi connectivity index (χ0n) is 12.8. The SMILES string of the molecule is CC(C)(C)S(=O)(=O)CCC(CN)(CO)c1cccc(F)c1. The van der Waals surface area contributed by atoms with Crippen molar-refractivity contribution in [2.24, 2.45) is 5.73 Å². The van der Waals surface area contributed by atoms with E-state index in [9.17, 15) is 17.9 Å². The van der Waals surface area contributed by atoms with Crippen LogP contribution in [0.2, 0.25) is 0 Å². The Hall–Kier alpha value is -0.980. The smallest absolute Gasteiger partial charge is 0.155 e. The van der Waals surface area contributed by atoms with Gasteiger partial charge in [-0.3, -0.25) is 0 Å².